The molecule has 0 saturated carbocycles. The Morgan fingerprint density at radius 3 is 2.43 bits per heavy atom. The van der Waals surface area contributed by atoms with Gasteiger partial charge in [-0.3, -0.25) is 0 Å². The lowest BCUT2D eigenvalue weighted by Gasteiger charge is -2.31. The zero-order valence-corrected chi connectivity index (χ0v) is 22.0. The number of nitrogens with zero attached hydrogens (tertiary/aromatic N) is 3. The number of anilines is 1. The van der Waals surface area contributed by atoms with E-state index >= 15 is 0 Å². The van der Waals surface area contributed by atoms with Gasteiger partial charge in [0.15, 0.2) is 0 Å². The Morgan fingerprint density at radius 1 is 1.05 bits per heavy atom. The summed E-state index contributed by atoms with van der Waals surface area (Å²) in [6.45, 7) is 4.34. The van der Waals surface area contributed by atoms with Crippen LogP contribution in [-0.4, -0.2) is 84.5 Å². The van der Waals surface area contributed by atoms with Gasteiger partial charge in [0.05, 0.1) is 16.3 Å². The van der Waals surface area contributed by atoms with Crippen molar-refractivity contribution < 1.29 is 24.5 Å². The third-order valence-electron chi connectivity index (χ3n) is 6.85. The summed E-state index contributed by atoms with van der Waals surface area (Å²) >= 11 is 1.76. The van der Waals surface area contributed by atoms with Crippen molar-refractivity contribution >= 4 is 39.2 Å². The van der Waals surface area contributed by atoms with Gasteiger partial charge in [-0.1, -0.05) is 24.3 Å². The van der Waals surface area contributed by atoms with Crippen LogP contribution in [0.15, 0.2) is 48.5 Å². The lowest BCUT2D eigenvalue weighted by atomic mass is 10.1. The number of piperidine rings is 1. The van der Waals surface area contributed by atoms with Gasteiger partial charge in [0.2, 0.25) is 0 Å². The number of likely N-dealkylation sites (N-methyl/N-ethyl adjacent to an activating group) is 1. The summed E-state index contributed by atoms with van der Waals surface area (Å²) in [5.74, 6) is -3.65. The van der Waals surface area contributed by atoms with E-state index in [0.29, 0.717) is 6.04 Å². The molecule has 198 valence electrons. The van der Waals surface area contributed by atoms with Crippen molar-refractivity contribution in [2.75, 3.05) is 45.2 Å². The standard InChI is InChI=1S/C25H32N4OS.C2H2O4/c1-26-19-10-15-29(17-19)20-7-5-6-18(16-20)24(30-21-11-13-28(2)14-12-21)25-27-22-8-3-4-9-23(22)31-25;3-1(4)2(5)6/h3-9,16,19,21,24,26H,10-15,17H2,1-2H3;(H,3,4)(H,5,6). The summed E-state index contributed by atoms with van der Waals surface area (Å²) in [5, 5.41) is 19.3. The first kappa shape index (κ1) is 27.0. The molecule has 2 unspecified atom stereocenters. The number of ether oxygens (including phenoxy) is 1. The molecule has 0 spiro atoms. The van der Waals surface area contributed by atoms with Gasteiger partial charge >= 0.3 is 11.9 Å². The number of rotatable bonds is 6. The number of para-hydroxylation sites is 1. The number of nitrogens with one attached hydrogen (secondary N) is 1. The molecule has 10 heteroatoms. The molecule has 2 fully saturated rings. The second-order valence-electron chi connectivity index (χ2n) is 9.46. The van der Waals surface area contributed by atoms with Gasteiger partial charge in [-0.2, -0.15) is 0 Å². The summed E-state index contributed by atoms with van der Waals surface area (Å²) in [5.41, 5.74) is 3.56. The molecule has 3 aromatic rings. The van der Waals surface area contributed by atoms with E-state index in [-0.39, 0.29) is 12.2 Å². The Hall–Kier alpha value is -3.05. The third-order valence-corrected chi connectivity index (χ3v) is 7.93. The van der Waals surface area contributed by atoms with Gasteiger partial charge in [0.25, 0.3) is 0 Å². The van der Waals surface area contributed by atoms with Crippen molar-refractivity contribution in [1.82, 2.24) is 15.2 Å². The average Bonchev–Trinajstić information content (AvgIpc) is 3.56. The first-order chi connectivity index (χ1) is 17.8. The number of likely N-dealkylation sites (tertiary alicyclic amines) is 1. The van der Waals surface area contributed by atoms with Crippen LogP contribution in [0.3, 0.4) is 0 Å². The van der Waals surface area contributed by atoms with Crippen LogP contribution in [0.2, 0.25) is 0 Å². The number of benzene rings is 2. The molecule has 0 amide bonds. The van der Waals surface area contributed by atoms with E-state index < -0.39 is 11.9 Å². The smallest absolute Gasteiger partial charge is 0.414 e. The molecule has 9 nitrogen and oxygen atoms in total. The molecule has 3 heterocycles. The number of carboxylic acids is 2. The lowest BCUT2D eigenvalue weighted by Crippen LogP contribution is -2.35. The number of carbonyl (C=O) groups is 2. The van der Waals surface area contributed by atoms with Crippen molar-refractivity contribution in [3.05, 3.63) is 59.1 Å². The van der Waals surface area contributed by atoms with Crippen LogP contribution in [0.1, 0.15) is 35.9 Å². The van der Waals surface area contributed by atoms with Gasteiger partial charge in [-0.15, -0.1) is 11.3 Å². The van der Waals surface area contributed by atoms with Gasteiger partial charge in [-0.25, -0.2) is 14.6 Å². The molecule has 5 rings (SSSR count). The third kappa shape index (κ3) is 7.04. The van der Waals surface area contributed by atoms with Crippen LogP contribution in [-0.2, 0) is 14.3 Å². The minimum Gasteiger partial charge on any atom is -0.473 e. The first-order valence-electron chi connectivity index (χ1n) is 12.5. The maximum Gasteiger partial charge on any atom is 0.414 e. The lowest BCUT2D eigenvalue weighted by molar-refractivity contribution is -0.159. The van der Waals surface area contributed by atoms with E-state index in [1.54, 1.807) is 11.3 Å². The maximum absolute atomic E-state index is 9.10. The number of carboxylic acid groups (broad SMARTS) is 2. The van der Waals surface area contributed by atoms with E-state index in [4.69, 9.17) is 29.5 Å². The van der Waals surface area contributed by atoms with Gasteiger partial charge in [-0.05, 0) is 63.2 Å². The van der Waals surface area contributed by atoms with Crippen LogP contribution in [0.5, 0.6) is 0 Å². The fourth-order valence-electron chi connectivity index (χ4n) is 4.71. The topological polar surface area (TPSA) is 115 Å². The molecular formula is C27H34N4O5S. The molecule has 2 aliphatic heterocycles. The summed E-state index contributed by atoms with van der Waals surface area (Å²) in [7, 11) is 4.25. The van der Waals surface area contributed by atoms with E-state index in [1.165, 1.54) is 22.4 Å². The van der Waals surface area contributed by atoms with Crippen molar-refractivity contribution in [3.63, 3.8) is 0 Å². The molecule has 2 saturated heterocycles. The van der Waals surface area contributed by atoms with E-state index in [1.807, 2.05) is 0 Å². The van der Waals surface area contributed by atoms with Crippen molar-refractivity contribution in [2.24, 2.45) is 0 Å². The average molecular weight is 527 g/mol. The predicted molar refractivity (Wildman–Crippen MR) is 144 cm³/mol. The molecular weight excluding hydrogens is 492 g/mol. The molecule has 3 N–H and O–H groups in total. The summed E-state index contributed by atoms with van der Waals surface area (Å²) < 4.78 is 8.02. The number of fused-ring (bicyclic) bond motifs is 1. The Bertz CT molecular complexity index is 1170. The summed E-state index contributed by atoms with van der Waals surface area (Å²) in [6, 6.07) is 17.9. The van der Waals surface area contributed by atoms with Crippen molar-refractivity contribution in [2.45, 2.75) is 37.5 Å². The van der Waals surface area contributed by atoms with Crippen LogP contribution >= 0.6 is 11.3 Å². The monoisotopic (exact) mass is 526 g/mol. The Morgan fingerprint density at radius 2 is 1.78 bits per heavy atom. The number of hydrogen-bond donors (Lipinski definition) is 3. The largest absolute Gasteiger partial charge is 0.473 e. The van der Waals surface area contributed by atoms with Crippen molar-refractivity contribution in [1.29, 1.82) is 0 Å². The normalized spacial score (nSPS) is 19.4. The Balaban J connectivity index is 0.000000480. The molecule has 2 aromatic carbocycles. The Labute approximate surface area is 220 Å². The molecule has 37 heavy (non-hydrogen) atoms. The van der Waals surface area contributed by atoms with Crippen LogP contribution in [0.25, 0.3) is 10.2 Å². The van der Waals surface area contributed by atoms with Crippen molar-refractivity contribution in [3.8, 4) is 0 Å². The predicted octanol–water partition coefficient (Wildman–Crippen LogP) is 3.45. The molecule has 0 radical (unpaired) electrons. The SMILES string of the molecule is CNC1CCN(c2cccc(C(OC3CCN(C)CC3)c3nc4ccccc4s3)c2)C1.O=C(O)C(=O)O. The molecule has 1 aromatic heterocycles. The second kappa shape index (κ2) is 12.5. The maximum atomic E-state index is 9.10. The molecule has 0 aliphatic carbocycles. The fourth-order valence-corrected chi connectivity index (χ4v) is 5.74. The summed E-state index contributed by atoms with van der Waals surface area (Å²) in [6.07, 6.45) is 3.50. The second-order valence-corrected chi connectivity index (χ2v) is 10.5. The quantitative estimate of drug-likeness (QED) is 0.416. The highest BCUT2D eigenvalue weighted by Crippen LogP contribution is 2.36. The van der Waals surface area contributed by atoms with Gasteiger partial charge in [0.1, 0.15) is 11.1 Å². The number of aromatic nitrogens is 1. The summed E-state index contributed by atoms with van der Waals surface area (Å²) in [4.78, 5) is 28.1. The fraction of sp³-hybridized carbons (Fsp3) is 0.444. The number of thiazole rings is 1. The highest BCUT2D eigenvalue weighted by atomic mass is 32.1. The highest BCUT2D eigenvalue weighted by Gasteiger charge is 2.27. The van der Waals surface area contributed by atoms with Gasteiger partial charge in [0, 0.05) is 37.9 Å². The molecule has 2 atom stereocenters. The zero-order valence-electron chi connectivity index (χ0n) is 21.2. The van der Waals surface area contributed by atoms with Crippen LogP contribution in [0, 0.1) is 0 Å². The van der Waals surface area contributed by atoms with E-state index in [9.17, 15) is 0 Å². The molecule has 0 bridgehead atoms. The minimum absolute atomic E-state index is 0.117. The number of aliphatic carboxylic acids is 2. The van der Waals surface area contributed by atoms with E-state index in [0.717, 1.165) is 49.5 Å². The Kier molecular flexibility index (Phi) is 9.09. The zero-order chi connectivity index (χ0) is 26.4. The minimum atomic E-state index is -1.82. The van der Waals surface area contributed by atoms with E-state index in [2.05, 4.69) is 77.7 Å². The highest BCUT2D eigenvalue weighted by molar-refractivity contribution is 7.18. The van der Waals surface area contributed by atoms with Gasteiger partial charge < -0.3 is 30.1 Å². The first-order valence-corrected chi connectivity index (χ1v) is 13.3. The van der Waals surface area contributed by atoms with Crippen LogP contribution in [0.4, 0.5) is 5.69 Å². The number of hydrogen-bond acceptors (Lipinski definition) is 8. The van der Waals surface area contributed by atoms with Crippen LogP contribution < -0.4 is 10.2 Å². The molecule has 2 aliphatic rings.